The molecule has 19 heavy (non-hydrogen) atoms. The smallest absolute Gasteiger partial charge is 0.180 e. The van der Waals surface area contributed by atoms with E-state index in [9.17, 15) is 0 Å². The Bertz CT molecular complexity index is 716. The molecule has 3 rings (SSSR count). The summed E-state index contributed by atoms with van der Waals surface area (Å²) in [5.74, 6) is 1.25. The van der Waals surface area contributed by atoms with E-state index < -0.39 is 0 Å². The minimum absolute atomic E-state index is 0.505. The number of fused-ring (bicyclic) bond motifs is 1. The van der Waals surface area contributed by atoms with Gasteiger partial charge in [0.05, 0.1) is 12.4 Å². The zero-order valence-electron chi connectivity index (χ0n) is 10.7. The zero-order valence-corrected chi connectivity index (χ0v) is 11.5. The average molecular weight is 273 g/mol. The lowest BCUT2D eigenvalue weighted by molar-refractivity contribution is 0.867. The Labute approximate surface area is 116 Å². The van der Waals surface area contributed by atoms with Crippen LogP contribution >= 0.6 is 11.6 Å². The average Bonchev–Trinajstić information content (AvgIpc) is 2.84. The molecule has 0 aliphatic rings. The Balaban J connectivity index is 2.14. The molecule has 3 aromatic rings. The molecular weight excluding hydrogens is 260 g/mol. The predicted molar refractivity (Wildman–Crippen MR) is 75.3 cm³/mol. The molecule has 2 heterocycles. The first-order chi connectivity index (χ1) is 9.16. The molecule has 0 aliphatic heterocycles. The molecule has 96 valence electrons. The van der Waals surface area contributed by atoms with E-state index in [1.165, 1.54) is 5.56 Å². The van der Waals surface area contributed by atoms with Crippen molar-refractivity contribution < 1.29 is 0 Å². The number of aromatic nitrogens is 4. The van der Waals surface area contributed by atoms with Crippen LogP contribution in [-0.4, -0.2) is 19.6 Å². The monoisotopic (exact) mass is 272 g/mol. The maximum Gasteiger partial charge on any atom is 0.180 e. The van der Waals surface area contributed by atoms with E-state index in [2.05, 4.69) is 41.2 Å². The van der Waals surface area contributed by atoms with Crippen LogP contribution < -0.4 is 0 Å². The van der Waals surface area contributed by atoms with Gasteiger partial charge in [-0.05, 0) is 11.5 Å². The molecule has 4 nitrogen and oxygen atoms in total. The normalized spacial score (nSPS) is 11.4. The topological polar surface area (TPSA) is 43.1 Å². The second-order valence-electron chi connectivity index (χ2n) is 4.72. The van der Waals surface area contributed by atoms with Gasteiger partial charge in [0.1, 0.15) is 5.15 Å². The summed E-state index contributed by atoms with van der Waals surface area (Å²) < 4.78 is 1.79. The van der Waals surface area contributed by atoms with Crippen LogP contribution in [0.15, 0.2) is 36.7 Å². The van der Waals surface area contributed by atoms with Crippen molar-refractivity contribution in [1.29, 1.82) is 0 Å². The fourth-order valence-corrected chi connectivity index (χ4v) is 2.24. The summed E-state index contributed by atoms with van der Waals surface area (Å²) >= 11 is 6.16. The molecule has 0 N–H and O–H groups in total. The SMILES string of the molecule is CC(C)c1ccc(-c2nnc3cncc(Cl)n23)cc1. The summed E-state index contributed by atoms with van der Waals surface area (Å²) in [5, 5.41) is 8.77. The van der Waals surface area contributed by atoms with Crippen molar-refractivity contribution in [1.82, 2.24) is 19.6 Å². The number of hydrogen-bond donors (Lipinski definition) is 0. The summed E-state index contributed by atoms with van der Waals surface area (Å²) in [4.78, 5) is 4.00. The molecule has 0 saturated heterocycles. The molecule has 0 unspecified atom stereocenters. The van der Waals surface area contributed by atoms with Crippen LogP contribution in [-0.2, 0) is 0 Å². The lowest BCUT2D eigenvalue weighted by Crippen LogP contribution is -1.93. The molecule has 1 aromatic carbocycles. The lowest BCUT2D eigenvalue weighted by atomic mass is 10.0. The third-order valence-corrected chi connectivity index (χ3v) is 3.37. The Hall–Kier alpha value is -1.94. The van der Waals surface area contributed by atoms with Crippen LogP contribution in [0.1, 0.15) is 25.3 Å². The van der Waals surface area contributed by atoms with Gasteiger partial charge < -0.3 is 0 Å². The van der Waals surface area contributed by atoms with Gasteiger partial charge in [0.25, 0.3) is 0 Å². The van der Waals surface area contributed by atoms with Gasteiger partial charge in [-0.15, -0.1) is 10.2 Å². The van der Waals surface area contributed by atoms with Crippen molar-refractivity contribution in [2.75, 3.05) is 0 Å². The second-order valence-corrected chi connectivity index (χ2v) is 5.11. The molecule has 0 aliphatic carbocycles. The standard InChI is InChI=1S/C14H13ClN4/c1-9(2)10-3-5-11(6-4-10)14-18-17-13-8-16-7-12(15)19(13)14/h3-9H,1-2H3. The number of benzene rings is 1. The van der Waals surface area contributed by atoms with Crippen LogP contribution in [0.4, 0.5) is 0 Å². The van der Waals surface area contributed by atoms with Gasteiger partial charge in [0.15, 0.2) is 11.5 Å². The minimum Gasteiger partial charge on any atom is -0.262 e. The molecule has 0 spiro atoms. The lowest BCUT2D eigenvalue weighted by Gasteiger charge is -2.06. The maximum absolute atomic E-state index is 6.16. The first-order valence-electron chi connectivity index (χ1n) is 6.12. The Morgan fingerprint density at radius 2 is 1.79 bits per heavy atom. The largest absolute Gasteiger partial charge is 0.262 e. The molecule has 0 fully saturated rings. The van der Waals surface area contributed by atoms with E-state index in [1.54, 1.807) is 16.8 Å². The molecule has 0 atom stereocenters. The van der Waals surface area contributed by atoms with Gasteiger partial charge in [0, 0.05) is 5.56 Å². The van der Waals surface area contributed by atoms with Crippen molar-refractivity contribution >= 4 is 17.2 Å². The molecular formula is C14H13ClN4. The highest BCUT2D eigenvalue weighted by molar-refractivity contribution is 6.29. The van der Waals surface area contributed by atoms with Crippen molar-refractivity contribution in [3.63, 3.8) is 0 Å². The van der Waals surface area contributed by atoms with Crippen LogP contribution in [0.2, 0.25) is 5.15 Å². The summed E-state index contributed by atoms with van der Waals surface area (Å²) in [6, 6.07) is 8.30. The van der Waals surface area contributed by atoms with Gasteiger partial charge in [-0.25, -0.2) is 0 Å². The summed E-state index contributed by atoms with van der Waals surface area (Å²) in [6.45, 7) is 4.34. The molecule has 5 heteroatoms. The molecule has 0 saturated carbocycles. The van der Waals surface area contributed by atoms with E-state index in [0.29, 0.717) is 16.7 Å². The van der Waals surface area contributed by atoms with Gasteiger partial charge in [-0.3, -0.25) is 9.38 Å². The van der Waals surface area contributed by atoms with Gasteiger partial charge >= 0.3 is 0 Å². The van der Waals surface area contributed by atoms with Crippen molar-refractivity contribution in [3.05, 3.63) is 47.4 Å². The number of rotatable bonds is 2. The predicted octanol–water partition coefficient (Wildman–Crippen LogP) is 3.57. The maximum atomic E-state index is 6.16. The number of nitrogens with zero attached hydrogens (tertiary/aromatic N) is 4. The first kappa shape index (κ1) is 12.1. The van der Waals surface area contributed by atoms with Crippen LogP contribution in [0, 0.1) is 0 Å². The molecule has 0 bridgehead atoms. The fraction of sp³-hybridized carbons (Fsp3) is 0.214. The highest BCUT2D eigenvalue weighted by atomic mass is 35.5. The summed E-state index contributed by atoms with van der Waals surface area (Å²) in [5.41, 5.74) is 2.94. The third kappa shape index (κ3) is 2.08. The van der Waals surface area contributed by atoms with Gasteiger partial charge in [-0.1, -0.05) is 49.7 Å². The zero-order chi connectivity index (χ0) is 13.4. The third-order valence-electron chi connectivity index (χ3n) is 3.11. The summed E-state index contributed by atoms with van der Waals surface area (Å²) in [6.07, 6.45) is 3.23. The first-order valence-corrected chi connectivity index (χ1v) is 6.49. The molecule has 2 aromatic heterocycles. The highest BCUT2D eigenvalue weighted by Crippen LogP contribution is 2.23. The van der Waals surface area contributed by atoms with Crippen molar-refractivity contribution in [3.8, 4) is 11.4 Å². The molecule has 0 amide bonds. The van der Waals surface area contributed by atoms with Crippen molar-refractivity contribution in [2.45, 2.75) is 19.8 Å². The second kappa shape index (κ2) is 4.63. The van der Waals surface area contributed by atoms with E-state index in [0.717, 1.165) is 11.4 Å². The highest BCUT2D eigenvalue weighted by Gasteiger charge is 2.11. The van der Waals surface area contributed by atoms with E-state index in [1.807, 2.05) is 12.1 Å². The van der Waals surface area contributed by atoms with E-state index in [-0.39, 0.29) is 0 Å². The van der Waals surface area contributed by atoms with Crippen LogP contribution in [0.25, 0.3) is 17.0 Å². The van der Waals surface area contributed by atoms with Crippen LogP contribution in [0.5, 0.6) is 0 Å². The number of halogens is 1. The Morgan fingerprint density at radius 1 is 1.05 bits per heavy atom. The number of hydrogen-bond acceptors (Lipinski definition) is 3. The summed E-state index contributed by atoms with van der Waals surface area (Å²) in [7, 11) is 0. The Morgan fingerprint density at radius 3 is 2.47 bits per heavy atom. The molecule has 0 radical (unpaired) electrons. The van der Waals surface area contributed by atoms with Crippen LogP contribution in [0.3, 0.4) is 0 Å². The van der Waals surface area contributed by atoms with E-state index in [4.69, 9.17) is 11.6 Å². The van der Waals surface area contributed by atoms with Gasteiger partial charge in [0.2, 0.25) is 0 Å². The minimum atomic E-state index is 0.505. The fourth-order valence-electron chi connectivity index (χ4n) is 2.02. The van der Waals surface area contributed by atoms with E-state index >= 15 is 0 Å². The Kier molecular flexibility index (Phi) is 2.95. The quantitative estimate of drug-likeness (QED) is 0.716. The van der Waals surface area contributed by atoms with Gasteiger partial charge in [-0.2, -0.15) is 0 Å². The van der Waals surface area contributed by atoms with Crippen molar-refractivity contribution in [2.24, 2.45) is 0 Å².